The van der Waals surface area contributed by atoms with Crippen molar-refractivity contribution in [3.8, 4) is 0 Å². The first-order valence-electron chi connectivity index (χ1n) is 7.00. The van der Waals surface area contributed by atoms with Crippen molar-refractivity contribution in [2.45, 2.75) is 6.92 Å². The molecule has 3 rings (SSSR count). The summed E-state index contributed by atoms with van der Waals surface area (Å²) >= 11 is 12.4. The van der Waals surface area contributed by atoms with Crippen LogP contribution in [0.5, 0.6) is 0 Å². The van der Waals surface area contributed by atoms with E-state index in [1.54, 1.807) is 24.3 Å². The van der Waals surface area contributed by atoms with Gasteiger partial charge in [-0.15, -0.1) is 0 Å². The van der Waals surface area contributed by atoms with Crippen molar-refractivity contribution >= 4 is 46.2 Å². The van der Waals surface area contributed by atoms with E-state index in [0.29, 0.717) is 33.2 Å². The highest BCUT2D eigenvalue weighted by molar-refractivity contribution is 6.39. The Balaban J connectivity index is 1.89. The number of aryl methyl sites for hydroxylation is 1. The van der Waals surface area contributed by atoms with Crippen LogP contribution in [0.2, 0.25) is 10.0 Å². The molecule has 0 spiro atoms. The molecule has 1 heterocycles. The quantitative estimate of drug-likeness (QED) is 0.648. The van der Waals surface area contributed by atoms with Crippen LogP contribution < -0.4 is 10.6 Å². The van der Waals surface area contributed by atoms with E-state index in [-0.39, 0.29) is 0 Å². The standard InChI is InChI=1S/C17H14Cl2N4/c1-11-20-15(22-12-6-3-2-4-7-12)10-16(21-11)23-17-13(18)8-5-9-14(17)19/h2-10H,1H3,(H2,20,21,22,23). The fraction of sp³-hybridized carbons (Fsp3) is 0.0588. The second-order valence-electron chi connectivity index (χ2n) is 4.90. The Labute approximate surface area is 144 Å². The molecule has 0 fully saturated rings. The van der Waals surface area contributed by atoms with Gasteiger partial charge in [0.25, 0.3) is 0 Å². The molecule has 0 aliphatic heterocycles. The number of hydrogen-bond donors (Lipinski definition) is 2. The van der Waals surface area contributed by atoms with Gasteiger partial charge in [-0.2, -0.15) is 0 Å². The molecule has 0 unspecified atom stereocenters. The molecule has 4 nitrogen and oxygen atoms in total. The van der Waals surface area contributed by atoms with Crippen molar-refractivity contribution in [1.82, 2.24) is 9.97 Å². The number of para-hydroxylation sites is 2. The molecule has 0 saturated heterocycles. The molecule has 0 aliphatic rings. The fourth-order valence-electron chi connectivity index (χ4n) is 2.11. The molecule has 0 amide bonds. The van der Waals surface area contributed by atoms with E-state index in [1.807, 2.05) is 37.3 Å². The molecular formula is C17H14Cl2N4. The monoisotopic (exact) mass is 344 g/mol. The third-order valence-corrected chi connectivity index (χ3v) is 3.73. The Bertz CT molecular complexity index is 802. The van der Waals surface area contributed by atoms with E-state index in [9.17, 15) is 0 Å². The lowest BCUT2D eigenvalue weighted by molar-refractivity contribution is 1.06. The van der Waals surface area contributed by atoms with E-state index in [4.69, 9.17) is 23.2 Å². The van der Waals surface area contributed by atoms with Crippen LogP contribution in [0.25, 0.3) is 0 Å². The van der Waals surface area contributed by atoms with Crippen molar-refractivity contribution in [3.05, 3.63) is 70.5 Å². The molecule has 2 N–H and O–H groups in total. The molecule has 6 heteroatoms. The van der Waals surface area contributed by atoms with Crippen LogP contribution in [0.3, 0.4) is 0 Å². The van der Waals surface area contributed by atoms with Gasteiger partial charge >= 0.3 is 0 Å². The Kier molecular flexibility index (Phi) is 4.65. The first-order chi connectivity index (χ1) is 11.1. The zero-order valence-corrected chi connectivity index (χ0v) is 13.9. The second-order valence-corrected chi connectivity index (χ2v) is 5.71. The zero-order chi connectivity index (χ0) is 16.2. The number of nitrogens with zero attached hydrogens (tertiary/aromatic N) is 2. The predicted octanol–water partition coefficient (Wildman–Crippen LogP) is 5.58. The van der Waals surface area contributed by atoms with Crippen LogP contribution in [0, 0.1) is 6.92 Å². The van der Waals surface area contributed by atoms with Gasteiger partial charge in [0, 0.05) is 11.8 Å². The van der Waals surface area contributed by atoms with Gasteiger partial charge in [-0.05, 0) is 31.2 Å². The molecule has 0 atom stereocenters. The summed E-state index contributed by atoms with van der Waals surface area (Å²) in [5.41, 5.74) is 1.58. The third kappa shape index (κ3) is 3.92. The first kappa shape index (κ1) is 15.6. The van der Waals surface area contributed by atoms with Crippen LogP contribution in [-0.4, -0.2) is 9.97 Å². The lowest BCUT2D eigenvalue weighted by atomic mass is 10.3. The number of benzene rings is 2. The minimum atomic E-state index is 0.534. The molecule has 2 aromatic carbocycles. The van der Waals surface area contributed by atoms with Gasteiger partial charge in [-0.1, -0.05) is 47.5 Å². The number of hydrogen-bond acceptors (Lipinski definition) is 4. The summed E-state index contributed by atoms with van der Waals surface area (Å²) in [6.07, 6.45) is 0. The van der Waals surface area contributed by atoms with Crippen molar-refractivity contribution in [3.63, 3.8) is 0 Å². The van der Waals surface area contributed by atoms with Crippen LogP contribution in [0.15, 0.2) is 54.6 Å². The van der Waals surface area contributed by atoms with E-state index in [0.717, 1.165) is 5.69 Å². The van der Waals surface area contributed by atoms with Crippen LogP contribution >= 0.6 is 23.2 Å². The minimum absolute atomic E-state index is 0.534. The smallest absolute Gasteiger partial charge is 0.136 e. The molecule has 0 radical (unpaired) electrons. The van der Waals surface area contributed by atoms with Gasteiger partial charge in [-0.3, -0.25) is 0 Å². The summed E-state index contributed by atoms with van der Waals surface area (Å²) in [4.78, 5) is 8.76. The van der Waals surface area contributed by atoms with Crippen molar-refractivity contribution in [2.75, 3.05) is 10.6 Å². The second kappa shape index (κ2) is 6.86. The van der Waals surface area contributed by atoms with Crippen LogP contribution in [0.4, 0.5) is 23.0 Å². The lowest BCUT2D eigenvalue weighted by Crippen LogP contribution is -2.02. The van der Waals surface area contributed by atoms with Gasteiger partial charge in [0.05, 0.1) is 15.7 Å². The normalized spacial score (nSPS) is 10.4. The van der Waals surface area contributed by atoms with E-state index in [2.05, 4.69) is 20.6 Å². The van der Waals surface area contributed by atoms with Crippen molar-refractivity contribution in [2.24, 2.45) is 0 Å². The molecule has 23 heavy (non-hydrogen) atoms. The largest absolute Gasteiger partial charge is 0.340 e. The molecule has 0 bridgehead atoms. The lowest BCUT2D eigenvalue weighted by Gasteiger charge is -2.12. The van der Waals surface area contributed by atoms with Gasteiger partial charge < -0.3 is 10.6 Å². The maximum Gasteiger partial charge on any atom is 0.136 e. The molecule has 1 aromatic heterocycles. The van der Waals surface area contributed by atoms with Gasteiger partial charge in [0.1, 0.15) is 17.5 Å². The van der Waals surface area contributed by atoms with Gasteiger partial charge in [-0.25, -0.2) is 9.97 Å². The molecular weight excluding hydrogens is 331 g/mol. The topological polar surface area (TPSA) is 49.8 Å². The van der Waals surface area contributed by atoms with E-state index in [1.165, 1.54) is 0 Å². The summed E-state index contributed by atoms with van der Waals surface area (Å²) < 4.78 is 0. The average Bonchev–Trinajstić information content (AvgIpc) is 2.51. The predicted molar refractivity (Wildman–Crippen MR) is 96.2 cm³/mol. The Morgan fingerprint density at radius 1 is 0.783 bits per heavy atom. The minimum Gasteiger partial charge on any atom is -0.340 e. The average molecular weight is 345 g/mol. The van der Waals surface area contributed by atoms with Gasteiger partial charge in [0.15, 0.2) is 0 Å². The maximum atomic E-state index is 6.18. The fourth-order valence-corrected chi connectivity index (χ4v) is 2.60. The highest BCUT2D eigenvalue weighted by Crippen LogP contribution is 2.32. The first-order valence-corrected chi connectivity index (χ1v) is 7.76. The summed E-state index contributed by atoms with van der Waals surface area (Å²) in [5.74, 6) is 1.94. The summed E-state index contributed by atoms with van der Waals surface area (Å²) in [5, 5.41) is 7.46. The molecule has 0 saturated carbocycles. The molecule has 3 aromatic rings. The Morgan fingerprint density at radius 3 is 2.04 bits per heavy atom. The number of halogens is 2. The van der Waals surface area contributed by atoms with E-state index >= 15 is 0 Å². The third-order valence-electron chi connectivity index (χ3n) is 3.10. The van der Waals surface area contributed by atoms with Crippen LogP contribution in [0.1, 0.15) is 5.82 Å². The number of nitrogens with one attached hydrogen (secondary N) is 2. The molecule has 116 valence electrons. The van der Waals surface area contributed by atoms with E-state index < -0.39 is 0 Å². The highest BCUT2D eigenvalue weighted by Gasteiger charge is 2.08. The molecule has 0 aliphatic carbocycles. The van der Waals surface area contributed by atoms with Crippen molar-refractivity contribution < 1.29 is 0 Å². The van der Waals surface area contributed by atoms with Crippen molar-refractivity contribution in [1.29, 1.82) is 0 Å². The number of rotatable bonds is 4. The maximum absolute atomic E-state index is 6.18. The van der Waals surface area contributed by atoms with Gasteiger partial charge in [0.2, 0.25) is 0 Å². The Hall–Kier alpha value is -2.30. The summed E-state index contributed by atoms with van der Waals surface area (Å²) in [7, 11) is 0. The number of aromatic nitrogens is 2. The Morgan fingerprint density at radius 2 is 1.39 bits per heavy atom. The zero-order valence-electron chi connectivity index (χ0n) is 12.3. The summed E-state index contributed by atoms with van der Waals surface area (Å²) in [6.45, 7) is 1.83. The SMILES string of the molecule is Cc1nc(Nc2ccccc2)cc(Nc2c(Cl)cccc2Cl)n1. The number of anilines is 4. The highest BCUT2D eigenvalue weighted by atomic mass is 35.5. The van der Waals surface area contributed by atoms with Crippen LogP contribution in [-0.2, 0) is 0 Å². The summed E-state index contributed by atoms with van der Waals surface area (Å²) in [6, 6.07) is 17.0.